The van der Waals surface area contributed by atoms with Gasteiger partial charge in [-0.3, -0.25) is 39.9 Å². The van der Waals surface area contributed by atoms with E-state index in [9.17, 15) is 39.6 Å². The number of nitrogens with zero attached hydrogens (tertiary/aromatic N) is 8. The molecule has 4 aromatic rings. The summed E-state index contributed by atoms with van der Waals surface area (Å²) in [6.07, 6.45) is 15.3. The predicted octanol–water partition coefficient (Wildman–Crippen LogP) is -8.96. The number of carbonyl (C=O) groups excluding carboxylic acids is 4. The van der Waals surface area contributed by atoms with Crippen LogP contribution in [0.4, 0.5) is 0 Å². The minimum atomic E-state index is -1.30. The first kappa shape index (κ1) is 50.2. The van der Waals surface area contributed by atoms with Gasteiger partial charge in [-0.1, -0.05) is 0 Å². The summed E-state index contributed by atoms with van der Waals surface area (Å²) in [6.45, 7) is 0. The molecule has 0 unspecified atom stereocenters. The van der Waals surface area contributed by atoms with Crippen LogP contribution in [0.2, 0.25) is 0 Å². The Morgan fingerprint density at radius 3 is 0.643 bits per heavy atom. The van der Waals surface area contributed by atoms with Crippen LogP contribution < -0.4 is 20.4 Å². The normalized spacial score (nSPS) is 7.62. The average Bonchev–Trinajstić information content (AvgIpc) is 2.92. The summed E-state index contributed by atoms with van der Waals surface area (Å²) in [5, 5.41) is 39.9. The minimum absolute atomic E-state index is 0. The Morgan fingerprint density at radius 1 is 0.405 bits per heavy atom. The first-order chi connectivity index (χ1) is 17.2. The molecule has 0 spiro atoms. The summed E-state index contributed by atoms with van der Waals surface area (Å²) < 4.78 is 0. The van der Waals surface area contributed by atoms with E-state index >= 15 is 0 Å². The quantitative estimate of drug-likeness (QED) is 0.173. The summed E-state index contributed by atoms with van der Waals surface area (Å²) in [5.41, 5.74) is -0.565. The van der Waals surface area contributed by atoms with Gasteiger partial charge in [0.15, 0.2) is 0 Å². The number of carbonyl (C=O) groups is 4. The zero-order chi connectivity index (χ0) is 26.8. The Balaban J connectivity index is -0.0000000982. The van der Waals surface area contributed by atoms with Crippen LogP contribution >= 0.6 is 0 Å². The van der Waals surface area contributed by atoms with E-state index in [1.807, 2.05) is 0 Å². The third-order valence-corrected chi connectivity index (χ3v) is 3.09. The maximum atomic E-state index is 9.99. The number of carboxylic acid groups (broad SMARTS) is 4. The Morgan fingerprint density at radius 2 is 0.571 bits per heavy atom. The molecule has 0 radical (unpaired) electrons. The molecule has 224 valence electrons. The van der Waals surface area contributed by atoms with Gasteiger partial charge in [0.05, 0.1) is 48.7 Å². The topological polar surface area (TPSA) is 424 Å². The van der Waals surface area contributed by atoms with Crippen molar-refractivity contribution in [1.29, 1.82) is 0 Å². The smallest absolute Gasteiger partial charge is 0.543 e. The van der Waals surface area contributed by atoms with Gasteiger partial charge in [0, 0.05) is 49.6 Å². The molecule has 0 aliphatic heterocycles. The molecule has 0 aliphatic rings. The zero-order valence-electron chi connectivity index (χ0n) is 20.9. The van der Waals surface area contributed by atoms with Gasteiger partial charge in [0.25, 0.3) is 0 Å². The van der Waals surface area contributed by atoms with Gasteiger partial charge in [-0.2, -0.15) is 0 Å². The second-order valence-corrected chi connectivity index (χ2v) is 5.51. The van der Waals surface area contributed by atoms with Crippen molar-refractivity contribution in [2.45, 2.75) is 0 Å². The van der Waals surface area contributed by atoms with E-state index in [1.54, 1.807) is 0 Å². The standard InChI is InChI=1S/4C5H4N2O2.5H2O.Th/c4*8-5(9)4-3-6-1-2-7-4;;;;;;/h4*1-3H,(H,8,9);5*1H2;/q;;;;;;;;;+4/p-2. The third kappa shape index (κ3) is 22.2. The molecule has 12 N–H and O–H groups in total. The van der Waals surface area contributed by atoms with Crippen molar-refractivity contribution in [2.75, 3.05) is 0 Å². The number of aromatic nitrogens is 8. The van der Waals surface area contributed by atoms with Crippen LogP contribution in [0.1, 0.15) is 42.0 Å². The van der Waals surface area contributed by atoms with E-state index in [0.29, 0.717) is 0 Å². The zero-order valence-corrected chi connectivity index (χ0v) is 25.0. The van der Waals surface area contributed by atoms with Gasteiger partial charge < -0.3 is 67.0 Å². The first-order valence-corrected chi connectivity index (χ1v) is 9.11. The van der Waals surface area contributed by atoms with Crippen molar-refractivity contribution in [2.24, 2.45) is 0 Å². The molecule has 0 aliphatic carbocycles. The van der Waals surface area contributed by atoms with Crippen LogP contribution in [-0.4, -0.2) is 80.2 Å². The summed E-state index contributed by atoms with van der Waals surface area (Å²) in [5.74, 6) is -5.21. The van der Waals surface area contributed by atoms with E-state index in [-0.39, 0.29) is 90.1 Å². The van der Waals surface area contributed by atoms with E-state index in [2.05, 4.69) is 39.9 Å². The Hall–Kier alpha value is -4.68. The molecule has 0 fully saturated rings. The molecule has 0 saturated carbocycles. The second kappa shape index (κ2) is 29.3. The van der Waals surface area contributed by atoms with Crippen molar-refractivity contribution >= 4 is 23.9 Å². The van der Waals surface area contributed by atoms with E-state index in [0.717, 1.165) is 24.8 Å². The Labute approximate surface area is 266 Å². The molecule has 4 rings (SSSR count). The first-order valence-electron chi connectivity index (χ1n) is 9.11. The van der Waals surface area contributed by atoms with E-state index in [1.165, 1.54) is 49.6 Å². The van der Waals surface area contributed by atoms with Crippen molar-refractivity contribution < 1.29 is 107 Å². The van der Waals surface area contributed by atoms with E-state index < -0.39 is 23.9 Å². The number of hydrogen-bond acceptors (Lipinski definition) is 16. The molecule has 4 aromatic heterocycles. The molecule has 0 saturated heterocycles. The Bertz CT molecular complexity index is 1050. The monoisotopic (exact) mass is 816 g/mol. The number of hydrogen-bond donors (Lipinski definition) is 0. The molecular weight excluding hydrogens is 792 g/mol. The molecule has 0 bridgehead atoms. The summed E-state index contributed by atoms with van der Waals surface area (Å²) in [7, 11) is 0. The Kier molecular flexibility index (Phi) is 35.0. The number of carboxylic acids is 4. The second-order valence-electron chi connectivity index (χ2n) is 5.51. The van der Waals surface area contributed by atoms with Crippen molar-refractivity contribution in [3.8, 4) is 0 Å². The van der Waals surface area contributed by atoms with Gasteiger partial charge in [0.1, 0.15) is 22.8 Å². The van der Waals surface area contributed by atoms with Gasteiger partial charge in [0.2, 0.25) is 0 Å². The summed E-state index contributed by atoms with van der Waals surface area (Å²) in [4.78, 5) is 67.9. The third-order valence-electron chi connectivity index (χ3n) is 3.09. The maximum Gasteiger partial charge on any atom is 4.00 e. The molecule has 21 nitrogen and oxygen atoms in total. The van der Waals surface area contributed by atoms with Crippen LogP contribution in [0.15, 0.2) is 74.4 Å². The van der Waals surface area contributed by atoms with Crippen LogP contribution in [-0.2, 0) is 11.0 Å². The van der Waals surface area contributed by atoms with E-state index in [4.69, 9.17) is 0 Å². The van der Waals surface area contributed by atoms with Crippen LogP contribution in [0.25, 0.3) is 0 Å². The number of rotatable bonds is 4. The van der Waals surface area contributed by atoms with Crippen molar-refractivity contribution in [3.05, 3.63) is 97.1 Å². The van der Waals surface area contributed by atoms with Crippen LogP contribution in [0.5, 0.6) is 0 Å². The van der Waals surface area contributed by atoms with Crippen molar-refractivity contribution in [1.82, 2.24) is 39.9 Å². The maximum absolute atomic E-state index is 9.99. The molecule has 0 atom stereocenters. The average molecular weight is 816 g/mol. The minimum Gasteiger partial charge on any atom is -0.543 e. The van der Waals surface area contributed by atoms with Gasteiger partial charge in [-0.25, -0.2) is 0 Å². The molecular formula is C20H24N8O13Th+2. The molecule has 42 heavy (non-hydrogen) atoms. The SMILES string of the molecule is O.O.O.O=C([O-])c1cnccn1.O=C([O-])c1cnccn1.O=C([O-])c1cnccn1.O=C([O-])c1cnccn1.[OH3+].[OH3+].[Th+4]. The van der Waals surface area contributed by atoms with Gasteiger partial charge in [-0.15, -0.1) is 0 Å². The van der Waals surface area contributed by atoms with Gasteiger partial charge in [-0.05, 0) is 0 Å². The summed E-state index contributed by atoms with van der Waals surface area (Å²) in [6, 6.07) is 0. The molecule has 22 heteroatoms. The fourth-order valence-corrected chi connectivity index (χ4v) is 1.62. The largest absolute Gasteiger partial charge is 4.00 e. The molecule has 4 heterocycles. The fourth-order valence-electron chi connectivity index (χ4n) is 1.62. The predicted molar refractivity (Wildman–Crippen MR) is 126 cm³/mol. The fraction of sp³-hybridized carbons (Fsp3) is 0. The number of aromatic carboxylic acids is 4. The summed E-state index contributed by atoms with van der Waals surface area (Å²) >= 11 is 0. The van der Waals surface area contributed by atoms with Gasteiger partial charge >= 0.3 is 39.9 Å². The molecule has 0 aromatic carbocycles. The van der Waals surface area contributed by atoms with Crippen LogP contribution in [0, 0.1) is 39.9 Å². The molecule has 0 amide bonds. The van der Waals surface area contributed by atoms with Crippen LogP contribution in [0.3, 0.4) is 0 Å². The van der Waals surface area contributed by atoms with Crippen molar-refractivity contribution in [3.63, 3.8) is 0 Å².